The molecule has 0 amide bonds. The largest absolute Gasteiger partial charge is 0.493 e. The van der Waals surface area contributed by atoms with Gasteiger partial charge in [-0.05, 0) is 37.5 Å². The molecule has 1 heterocycles. The topological polar surface area (TPSA) is 12.5 Å². The highest BCUT2D eigenvalue weighted by molar-refractivity contribution is 5.39. The number of likely N-dealkylation sites (tertiary alicyclic amines) is 1. The normalized spacial score (nSPS) is 17.0. The minimum absolute atomic E-state index is 0.498. The Bertz CT molecular complexity index is 597. The predicted molar refractivity (Wildman–Crippen MR) is 91.3 cm³/mol. The summed E-state index contributed by atoms with van der Waals surface area (Å²) in [6.07, 6.45) is 0. The van der Waals surface area contributed by atoms with Gasteiger partial charge in [0.05, 0.1) is 6.61 Å². The van der Waals surface area contributed by atoms with Gasteiger partial charge >= 0.3 is 0 Å². The molecule has 0 saturated carbocycles. The van der Waals surface area contributed by atoms with E-state index in [0.717, 1.165) is 25.4 Å². The van der Waals surface area contributed by atoms with Gasteiger partial charge in [-0.15, -0.1) is 0 Å². The lowest BCUT2D eigenvalue weighted by atomic mass is 9.96. The van der Waals surface area contributed by atoms with Crippen LogP contribution in [0.1, 0.15) is 29.7 Å². The number of ether oxygens (including phenoxy) is 1. The van der Waals surface area contributed by atoms with E-state index >= 15 is 0 Å². The highest BCUT2D eigenvalue weighted by Gasteiger charge is 2.31. The van der Waals surface area contributed by atoms with E-state index in [-0.39, 0.29) is 0 Å². The fourth-order valence-electron chi connectivity index (χ4n) is 3.20. The van der Waals surface area contributed by atoms with Crippen molar-refractivity contribution in [2.24, 2.45) is 5.92 Å². The van der Waals surface area contributed by atoms with Crippen molar-refractivity contribution in [1.29, 1.82) is 0 Å². The molecule has 2 heteroatoms. The van der Waals surface area contributed by atoms with Gasteiger partial charge in [0.2, 0.25) is 0 Å². The maximum Gasteiger partial charge on any atom is 0.125 e. The van der Waals surface area contributed by atoms with Gasteiger partial charge in [-0.25, -0.2) is 0 Å². The quantitative estimate of drug-likeness (QED) is 0.812. The Morgan fingerprint density at radius 1 is 1.00 bits per heavy atom. The number of hydrogen-bond donors (Lipinski definition) is 0. The zero-order valence-electron chi connectivity index (χ0n) is 13.8. The van der Waals surface area contributed by atoms with Gasteiger partial charge in [0, 0.05) is 25.0 Å². The van der Waals surface area contributed by atoms with Gasteiger partial charge in [0.25, 0.3) is 0 Å². The second-order valence-electron chi connectivity index (χ2n) is 6.44. The van der Waals surface area contributed by atoms with E-state index in [1.54, 1.807) is 0 Å². The zero-order chi connectivity index (χ0) is 15.5. The number of rotatable bonds is 5. The van der Waals surface area contributed by atoms with Crippen molar-refractivity contribution in [2.75, 3.05) is 19.7 Å². The van der Waals surface area contributed by atoms with Crippen LogP contribution in [0.25, 0.3) is 0 Å². The molecule has 0 aromatic heterocycles. The van der Waals surface area contributed by atoms with Crippen LogP contribution in [0.3, 0.4) is 0 Å². The first kappa shape index (κ1) is 15.1. The molecule has 0 aliphatic carbocycles. The van der Waals surface area contributed by atoms with Crippen LogP contribution < -0.4 is 4.74 Å². The van der Waals surface area contributed by atoms with E-state index in [4.69, 9.17) is 4.74 Å². The molecule has 3 rings (SSSR count). The molecule has 2 nitrogen and oxygen atoms in total. The summed E-state index contributed by atoms with van der Waals surface area (Å²) in [6.45, 7) is 9.60. The molecule has 0 spiro atoms. The van der Waals surface area contributed by atoms with Crippen LogP contribution in [0.2, 0.25) is 0 Å². The molecule has 0 bridgehead atoms. The third-order valence-corrected chi connectivity index (χ3v) is 4.69. The molecular weight excluding hydrogens is 270 g/mol. The summed E-state index contributed by atoms with van der Waals surface area (Å²) < 4.78 is 6.08. The maximum atomic E-state index is 6.08. The Kier molecular flexibility index (Phi) is 4.49. The zero-order valence-corrected chi connectivity index (χ0v) is 13.8. The van der Waals surface area contributed by atoms with Gasteiger partial charge in [0.15, 0.2) is 0 Å². The Balaban J connectivity index is 1.50. The molecule has 1 aliphatic rings. The van der Waals surface area contributed by atoms with E-state index in [1.165, 1.54) is 16.7 Å². The second-order valence-corrected chi connectivity index (χ2v) is 6.44. The minimum Gasteiger partial charge on any atom is -0.493 e. The van der Waals surface area contributed by atoms with Crippen molar-refractivity contribution < 1.29 is 4.74 Å². The molecule has 116 valence electrons. The van der Waals surface area contributed by atoms with Gasteiger partial charge in [-0.1, -0.05) is 48.5 Å². The van der Waals surface area contributed by atoms with Crippen LogP contribution in [-0.2, 0) is 0 Å². The van der Waals surface area contributed by atoms with Gasteiger partial charge in [-0.2, -0.15) is 0 Å². The average Bonchev–Trinajstić information content (AvgIpc) is 2.49. The Hall–Kier alpha value is -1.80. The summed E-state index contributed by atoms with van der Waals surface area (Å²) >= 11 is 0. The molecule has 1 aliphatic heterocycles. The van der Waals surface area contributed by atoms with Crippen LogP contribution in [0.15, 0.2) is 48.5 Å². The number of hydrogen-bond acceptors (Lipinski definition) is 2. The molecule has 2 aromatic carbocycles. The molecule has 1 fully saturated rings. The van der Waals surface area contributed by atoms with E-state index in [1.807, 2.05) is 0 Å². The summed E-state index contributed by atoms with van der Waals surface area (Å²) in [5.74, 6) is 1.71. The van der Waals surface area contributed by atoms with E-state index in [0.29, 0.717) is 12.0 Å². The predicted octanol–water partition coefficient (Wildman–Crippen LogP) is 4.38. The number of benzene rings is 2. The number of aryl methyl sites for hydroxylation is 2. The highest BCUT2D eigenvalue weighted by Crippen LogP contribution is 2.29. The number of nitrogens with zero attached hydrogens (tertiary/aromatic N) is 1. The summed E-state index contributed by atoms with van der Waals surface area (Å²) in [5.41, 5.74) is 3.86. The van der Waals surface area contributed by atoms with Crippen molar-refractivity contribution in [1.82, 2.24) is 4.90 Å². The minimum atomic E-state index is 0.498. The van der Waals surface area contributed by atoms with Crippen LogP contribution in [0, 0.1) is 19.8 Å². The SMILES string of the molecule is Cc1cccc(C)c1OCC1CN(C(C)c2ccccc2)C1. The number of para-hydroxylation sites is 1. The molecule has 22 heavy (non-hydrogen) atoms. The van der Waals surface area contributed by atoms with Crippen molar-refractivity contribution in [3.8, 4) is 5.75 Å². The third kappa shape index (κ3) is 3.17. The molecule has 0 radical (unpaired) electrons. The monoisotopic (exact) mass is 295 g/mol. The average molecular weight is 295 g/mol. The molecule has 1 saturated heterocycles. The van der Waals surface area contributed by atoms with E-state index < -0.39 is 0 Å². The Labute approximate surface area is 133 Å². The summed E-state index contributed by atoms with van der Waals surface area (Å²) in [5, 5.41) is 0. The highest BCUT2D eigenvalue weighted by atomic mass is 16.5. The fraction of sp³-hybridized carbons (Fsp3) is 0.400. The van der Waals surface area contributed by atoms with E-state index in [2.05, 4.69) is 74.2 Å². The first-order valence-corrected chi connectivity index (χ1v) is 8.13. The third-order valence-electron chi connectivity index (χ3n) is 4.69. The van der Waals surface area contributed by atoms with Gasteiger partial charge < -0.3 is 4.74 Å². The summed E-state index contributed by atoms with van der Waals surface area (Å²) in [7, 11) is 0. The molecule has 1 unspecified atom stereocenters. The Morgan fingerprint density at radius 3 is 2.27 bits per heavy atom. The molecule has 0 N–H and O–H groups in total. The lowest BCUT2D eigenvalue weighted by Crippen LogP contribution is -2.50. The van der Waals surface area contributed by atoms with Crippen molar-refractivity contribution in [3.05, 3.63) is 65.2 Å². The summed E-state index contributed by atoms with van der Waals surface area (Å²) in [6, 6.07) is 17.6. The van der Waals surface area contributed by atoms with Gasteiger partial charge in [0.1, 0.15) is 5.75 Å². The molecular formula is C20H25NO. The lowest BCUT2D eigenvalue weighted by Gasteiger charge is -2.43. The lowest BCUT2D eigenvalue weighted by molar-refractivity contribution is 0.0307. The molecule has 2 aromatic rings. The second kappa shape index (κ2) is 6.53. The van der Waals surface area contributed by atoms with Crippen LogP contribution in [0.4, 0.5) is 0 Å². The first-order valence-electron chi connectivity index (χ1n) is 8.13. The van der Waals surface area contributed by atoms with E-state index in [9.17, 15) is 0 Å². The first-order chi connectivity index (χ1) is 10.6. The maximum absolute atomic E-state index is 6.08. The van der Waals surface area contributed by atoms with Crippen molar-refractivity contribution >= 4 is 0 Å². The smallest absolute Gasteiger partial charge is 0.125 e. The van der Waals surface area contributed by atoms with Crippen LogP contribution in [-0.4, -0.2) is 24.6 Å². The van der Waals surface area contributed by atoms with Crippen molar-refractivity contribution in [2.45, 2.75) is 26.8 Å². The fourth-order valence-corrected chi connectivity index (χ4v) is 3.20. The molecule has 1 atom stereocenters. The van der Waals surface area contributed by atoms with Crippen molar-refractivity contribution in [3.63, 3.8) is 0 Å². The van der Waals surface area contributed by atoms with Gasteiger partial charge in [-0.3, -0.25) is 4.90 Å². The Morgan fingerprint density at radius 2 is 1.64 bits per heavy atom. The van der Waals surface area contributed by atoms with Crippen LogP contribution in [0.5, 0.6) is 5.75 Å². The standard InChI is InChI=1S/C20H25NO/c1-15-8-7-9-16(2)20(15)22-14-18-12-21(13-18)17(3)19-10-5-4-6-11-19/h4-11,17-18H,12-14H2,1-3H3. The summed E-state index contributed by atoms with van der Waals surface area (Å²) in [4.78, 5) is 2.52. The van der Waals surface area contributed by atoms with Crippen LogP contribution >= 0.6 is 0 Å².